The molecule has 0 fully saturated rings. The van der Waals surface area contributed by atoms with E-state index in [2.05, 4.69) is 53.8 Å². The number of carbonyl (C=O) groups excluding carboxylic acids is 1. The van der Waals surface area contributed by atoms with E-state index in [1.165, 1.54) is 16.8 Å². The fraction of sp³-hybridized carbons (Fsp3) is 0.250. The summed E-state index contributed by atoms with van der Waals surface area (Å²) >= 11 is 0. The molecule has 0 N–H and O–H groups in total. The third kappa shape index (κ3) is 3.56. The van der Waals surface area contributed by atoms with Gasteiger partial charge in [0.15, 0.2) is 0 Å². The zero-order valence-electron chi connectivity index (χ0n) is 17.4. The molecule has 148 valence electrons. The lowest BCUT2D eigenvalue weighted by Gasteiger charge is -2.17. The molecule has 0 aliphatic heterocycles. The quantitative estimate of drug-likeness (QED) is 0.513. The van der Waals surface area contributed by atoms with Crippen LogP contribution in [-0.4, -0.2) is 32.2 Å². The Hall–Kier alpha value is -3.34. The molecular weight excluding hydrogens is 360 g/mol. The highest BCUT2D eigenvalue weighted by molar-refractivity contribution is 5.99. The number of nitrogens with zero attached hydrogens (tertiary/aromatic N) is 4. The van der Waals surface area contributed by atoms with Crippen molar-refractivity contribution in [1.82, 2.24) is 19.2 Å². The molecule has 5 nitrogen and oxygen atoms in total. The Morgan fingerprint density at radius 2 is 1.83 bits per heavy atom. The van der Waals surface area contributed by atoms with Crippen LogP contribution in [0.1, 0.15) is 32.9 Å². The molecule has 0 aliphatic carbocycles. The molecule has 0 saturated heterocycles. The van der Waals surface area contributed by atoms with Gasteiger partial charge in [0.05, 0.1) is 12.2 Å². The summed E-state index contributed by atoms with van der Waals surface area (Å²) in [6, 6.07) is 18.4. The highest BCUT2D eigenvalue weighted by Crippen LogP contribution is 2.27. The third-order valence-corrected chi connectivity index (χ3v) is 5.74. The maximum absolute atomic E-state index is 13.0. The van der Waals surface area contributed by atoms with Crippen LogP contribution in [0.15, 0.2) is 60.8 Å². The molecule has 5 heteroatoms. The Bertz CT molecular complexity index is 1170. The first-order chi connectivity index (χ1) is 14.0. The summed E-state index contributed by atoms with van der Waals surface area (Å²) in [4.78, 5) is 14.7. The van der Waals surface area contributed by atoms with Crippen molar-refractivity contribution in [2.24, 2.45) is 7.05 Å². The van der Waals surface area contributed by atoms with Crippen LogP contribution in [0.25, 0.3) is 10.9 Å². The molecule has 0 saturated carbocycles. The van der Waals surface area contributed by atoms with Gasteiger partial charge in [-0.1, -0.05) is 30.3 Å². The standard InChI is InChI=1S/C24H26N4O/c1-17-18(2)28(15-19-8-6-5-7-9-19)23-11-10-20(14-22(17)23)24(29)26(3)16-21-12-13-25-27(21)4/h5-14H,15-16H2,1-4H3. The van der Waals surface area contributed by atoms with E-state index < -0.39 is 0 Å². The molecule has 2 aromatic carbocycles. The molecular formula is C24H26N4O. The molecule has 1 amide bonds. The van der Waals surface area contributed by atoms with Crippen LogP contribution >= 0.6 is 0 Å². The number of hydrogen-bond acceptors (Lipinski definition) is 2. The van der Waals surface area contributed by atoms with E-state index >= 15 is 0 Å². The largest absolute Gasteiger partial charge is 0.340 e. The normalized spacial score (nSPS) is 11.2. The highest BCUT2D eigenvalue weighted by atomic mass is 16.2. The van der Waals surface area contributed by atoms with Gasteiger partial charge in [-0.2, -0.15) is 5.10 Å². The second-order valence-electron chi connectivity index (χ2n) is 7.62. The molecule has 0 bridgehead atoms. The van der Waals surface area contributed by atoms with E-state index in [1.807, 2.05) is 38.4 Å². The summed E-state index contributed by atoms with van der Waals surface area (Å²) < 4.78 is 4.12. The maximum atomic E-state index is 13.0. The van der Waals surface area contributed by atoms with E-state index in [0.717, 1.165) is 23.1 Å². The number of aromatic nitrogens is 3. The molecule has 4 rings (SSSR count). The summed E-state index contributed by atoms with van der Waals surface area (Å²) in [5.74, 6) is 0.0148. The number of carbonyl (C=O) groups is 1. The first-order valence-electron chi connectivity index (χ1n) is 9.81. The van der Waals surface area contributed by atoms with Gasteiger partial charge in [0.2, 0.25) is 0 Å². The summed E-state index contributed by atoms with van der Waals surface area (Å²) in [5, 5.41) is 5.31. The Morgan fingerprint density at radius 3 is 2.52 bits per heavy atom. The molecule has 4 aromatic rings. The summed E-state index contributed by atoms with van der Waals surface area (Å²) in [5.41, 5.74) is 6.60. The number of amides is 1. The fourth-order valence-corrected chi connectivity index (χ4v) is 3.84. The fourth-order valence-electron chi connectivity index (χ4n) is 3.84. The number of hydrogen-bond donors (Lipinski definition) is 0. The van der Waals surface area contributed by atoms with Crippen LogP contribution in [0.3, 0.4) is 0 Å². The van der Waals surface area contributed by atoms with Crippen LogP contribution in [0.4, 0.5) is 0 Å². The Morgan fingerprint density at radius 1 is 1.07 bits per heavy atom. The van der Waals surface area contributed by atoms with E-state index in [9.17, 15) is 4.79 Å². The number of benzene rings is 2. The van der Waals surface area contributed by atoms with Crippen LogP contribution < -0.4 is 0 Å². The third-order valence-electron chi connectivity index (χ3n) is 5.74. The zero-order valence-corrected chi connectivity index (χ0v) is 17.4. The molecule has 0 atom stereocenters. The molecule has 0 spiro atoms. The van der Waals surface area contributed by atoms with E-state index in [-0.39, 0.29) is 5.91 Å². The smallest absolute Gasteiger partial charge is 0.253 e. The Kier molecular flexibility index (Phi) is 4.97. The predicted molar refractivity (Wildman–Crippen MR) is 116 cm³/mol. The van der Waals surface area contributed by atoms with Gasteiger partial charge < -0.3 is 9.47 Å². The van der Waals surface area contributed by atoms with E-state index in [4.69, 9.17) is 0 Å². The van der Waals surface area contributed by atoms with Gasteiger partial charge in [-0.15, -0.1) is 0 Å². The van der Waals surface area contributed by atoms with Gasteiger partial charge >= 0.3 is 0 Å². The van der Waals surface area contributed by atoms with Crippen molar-refractivity contribution in [1.29, 1.82) is 0 Å². The molecule has 0 aliphatic rings. The zero-order chi connectivity index (χ0) is 20.5. The van der Waals surface area contributed by atoms with Crippen molar-refractivity contribution < 1.29 is 4.79 Å². The van der Waals surface area contributed by atoms with E-state index in [1.54, 1.807) is 15.8 Å². The van der Waals surface area contributed by atoms with Crippen molar-refractivity contribution in [3.63, 3.8) is 0 Å². The first-order valence-corrected chi connectivity index (χ1v) is 9.81. The number of rotatable bonds is 5. The molecule has 2 aromatic heterocycles. The number of fused-ring (bicyclic) bond motifs is 1. The summed E-state index contributed by atoms with van der Waals surface area (Å²) in [7, 11) is 3.72. The van der Waals surface area contributed by atoms with Gasteiger partial charge in [-0.3, -0.25) is 9.48 Å². The van der Waals surface area contributed by atoms with E-state index in [0.29, 0.717) is 12.1 Å². The molecule has 0 radical (unpaired) electrons. The van der Waals surface area contributed by atoms with Gasteiger partial charge in [0, 0.05) is 49.0 Å². The summed E-state index contributed by atoms with van der Waals surface area (Å²) in [6.45, 7) is 5.63. The molecule has 29 heavy (non-hydrogen) atoms. The highest BCUT2D eigenvalue weighted by Gasteiger charge is 2.17. The lowest BCUT2D eigenvalue weighted by molar-refractivity contribution is 0.0782. The van der Waals surface area contributed by atoms with Crippen molar-refractivity contribution >= 4 is 16.8 Å². The van der Waals surface area contributed by atoms with Crippen LogP contribution in [0.5, 0.6) is 0 Å². The topological polar surface area (TPSA) is 43.1 Å². The average Bonchev–Trinajstić information content (AvgIpc) is 3.24. The molecule has 0 unspecified atom stereocenters. The monoisotopic (exact) mass is 386 g/mol. The second kappa shape index (κ2) is 7.59. The Balaban J connectivity index is 1.65. The van der Waals surface area contributed by atoms with Crippen LogP contribution in [0, 0.1) is 13.8 Å². The predicted octanol–water partition coefficient (Wildman–Crippen LogP) is 4.31. The van der Waals surface area contributed by atoms with Crippen molar-refractivity contribution in [2.45, 2.75) is 26.9 Å². The minimum Gasteiger partial charge on any atom is -0.340 e. The van der Waals surface area contributed by atoms with Crippen molar-refractivity contribution in [3.05, 3.63) is 88.9 Å². The van der Waals surface area contributed by atoms with Crippen LogP contribution in [0.2, 0.25) is 0 Å². The minimum atomic E-state index is 0.0148. The van der Waals surface area contributed by atoms with Gasteiger partial charge in [0.1, 0.15) is 0 Å². The van der Waals surface area contributed by atoms with Crippen molar-refractivity contribution in [2.75, 3.05) is 7.05 Å². The SMILES string of the molecule is Cc1c(C)n(Cc2ccccc2)c2ccc(C(=O)N(C)Cc3ccnn3C)cc12. The second-order valence-corrected chi connectivity index (χ2v) is 7.62. The van der Waals surface area contributed by atoms with Gasteiger partial charge in [-0.05, 0) is 49.2 Å². The number of aryl methyl sites for hydroxylation is 2. The lowest BCUT2D eigenvalue weighted by atomic mass is 10.1. The lowest BCUT2D eigenvalue weighted by Crippen LogP contribution is -2.27. The minimum absolute atomic E-state index is 0.0148. The Labute approximate surface area is 171 Å². The maximum Gasteiger partial charge on any atom is 0.253 e. The first kappa shape index (κ1) is 19.0. The van der Waals surface area contributed by atoms with Crippen LogP contribution in [-0.2, 0) is 20.1 Å². The van der Waals surface area contributed by atoms with Crippen molar-refractivity contribution in [3.8, 4) is 0 Å². The van der Waals surface area contributed by atoms with Gasteiger partial charge in [0.25, 0.3) is 5.91 Å². The summed E-state index contributed by atoms with van der Waals surface area (Å²) in [6.07, 6.45) is 1.75. The molecule has 2 heterocycles. The van der Waals surface area contributed by atoms with Gasteiger partial charge in [-0.25, -0.2) is 0 Å². The average molecular weight is 386 g/mol.